The Morgan fingerprint density at radius 3 is 2.63 bits per heavy atom. The number of benzene rings is 1. The fourth-order valence-corrected chi connectivity index (χ4v) is 4.32. The Hall–Kier alpha value is -1.18. The summed E-state index contributed by atoms with van der Waals surface area (Å²) in [6.45, 7) is 3.36. The van der Waals surface area contributed by atoms with Gasteiger partial charge in [0, 0.05) is 13.1 Å². The molecular formula is C12H17FN2O3S. The van der Waals surface area contributed by atoms with Crippen LogP contribution in [0.3, 0.4) is 0 Å². The van der Waals surface area contributed by atoms with E-state index in [1.165, 1.54) is 18.2 Å². The minimum atomic E-state index is -3.75. The minimum Gasteiger partial charge on any atom is -0.396 e. The zero-order valence-corrected chi connectivity index (χ0v) is 11.7. The molecule has 0 bridgehead atoms. The van der Waals surface area contributed by atoms with Crippen LogP contribution in [-0.4, -0.2) is 37.0 Å². The van der Waals surface area contributed by atoms with Crippen LogP contribution in [0.2, 0.25) is 0 Å². The normalized spacial score (nSPS) is 20.9. The first-order chi connectivity index (χ1) is 8.75. The van der Waals surface area contributed by atoms with E-state index in [2.05, 4.69) is 0 Å². The summed E-state index contributed by atoms with van der Waals surface area (Å²) in [5.74, 6) is -0.615. The lowest BCUT2D eigenvalue weighted by Crippen LogP contribution is -2.31. The van der Waals surface area contributed by atoms with Gasteiger partial charge in [-0.3, -0.25) is 0 Å². The van der Waals surface area contributed by atoms with Gasteiger partial charge in [0.15, 0.2) is 0 Å². The van der Waals surface area contributed by atoms with Crippen molar-refractivity contribution >= 4 is 15.7 Å². The summed E-state index contributed by atoms with van der Waals surface area (Å²) >= 11 is 0. The molecule has 19 heavy (non-hydrogen) atoms. The lowest BCUT2D eigenvalue weighted by atomic mass is 10.1. The number of nitrogens with two attached hydrogens (primary N) is 1. The number of aryl methyl sites for hydroxylation is 1. The summed E-state index contributed by atoms with van der Waals surface area (Å²) in [5.41, 5.74) is 5.96. The van der Waals surface area contributed by atoms with Crippen LogP contribution in [0.15, 0.2) is 11.0 Å². The molecule has 3 N–H and O–H groups in total. The Kier molecular flexibility index (Phi) is 3.55. The van der Waals surface area contributed by atoms with Crippen LogP contribution in [0, 0.1) is 19.7 Å². The van der Waals surface area contributed by atoms with Crippen LogP contribution < -0.4 is 5.73 Å². The van der Waals surface area contributed by atoms with Crippen molar-refractivity contribution in [2.45, 2.75) is 31.3 Å². The average Bonchev–Trinajstić information content (AvgIpc) is 2.73. The van der Waals surface area contributed by atoms with E-state index in [1.54, 1.807) is 0 Å². The Bertz CT molecular complexity index is 616. The topological polar surface area (TPSA) is 83.6 Å². The van der Waals surface area contributed by atoms with Crippen molar-refractivity contribution in [3.8, 4) is 0 Å². The highest BCUT2D eigenvalue weighted by molar-refractivity contribution is 7.89. The molecule has 0 amide bonds. The molecule has 5 nitrogen and oxygen atoms in total. The predicted octanol–water partition coefficient (Wildman–Crippen LogP) is 0.780. The lowest BCUT2D eigenvalue weighted by molar-refractivity contribution is 0.189. The van der Waals surface area contributed by atoms with Crippen molar-refractivity contribution in [1.82, 2.24) is 4.31 Å². The molecular weight excluding hydrogens is 271 g/mol. The molecule has 0 radical (unpaired) electrons. The first-order valence-electron chi connectivity index (χ1n) is 5.98. The fourth-order valence-electron chi connectivity index (χ4n) is 2.39. The number of nitrogens with zero attached hydrogens (tertiary/aromatic N) is 1. The van der Waals surface area contributed by atoms with E-state index in [0.29, 0.717) is 12.0 Å². The quantitative estimate of drug-likeness (QED) is 0.788. The third-order valence-electron chi connectivity index (χ3n) is 3.43. The first-order valence-corrected chi connectivity index (χ1v) is 7.42. The number of aliphatic hydroxyl groups is 1. The van der Waals surface area contributed by atoms with Gasteiger partial charge in [-0.2, -0.15) is 4.31 Å². The average molecular weight is 288 g/mol. The van der Waals surface area contributed by atoms with Gasteiger partial charge in [0.2, 0.25) is 10.0 Å². The number of nitrogen functional groups attached to an aromatic ring is 1. The standard InChI is InChI=1S/C12H17FN2O3S/c1-7-5-10(13)11(14)8(2)12(7)19(17,18)15-4-3-9(16)6-15/h5,9,16H,3-4,6,14H2,1-2H3/t9-/m1/s1. The van der Waals surface area contributed by atoms with E-state index >= 15 is 0 Å². The summed E-state index contributed by atoms with van der Waals surface area (Å²) in [4.78, 5) is 0.0421. The van der Waals surface area contributed by atoms with Gasteiger partial charge >= 0.3 is 0 Å². The van der Waals surface area contributed by atoms with Gasteiger partial charge in [-0.1, -0.05) is 0 Å². The molecule has 2 rings (SSSR count). The molecule has 1 atom stereocenters. The Morgan fingerprint density at radius 2 is 2.11 bits per heavy atom. The van der Waals surface area contributed by atoms with Crippen LogP contribution in [0.5, 0.6) is 0 Å². The van der Waals surface area contributed by atoms with E-state index < -0.39 is 21.9 Å². The maximum atomic E-state index is 13.5. The van der Waals surface area contributed by atoms with Crippen molar-refractivity contribution < 1.29 is 17.9 Å². The van der Waals surface area contributed by atoms with Crippen molar-refractivity contribution in [3.63, 3.8) is 0 Å². The molecule has 0 aromatic heterocycles. The van der Waals surface area contributed by atoms with E-state index in [9.17, 15) is 17.9 Å². The summed E-state index contributed by atoms with van der Waals surface area (Å²) in [6.07, 6.45) is -0.234. The van der Waals surface area contributed by atoms with E-state index in [-0.39, 0.29) is 29.2 Å². The summed E-state index contributed by atoms with van der Waals surface area (Å²) in [5, 5.41) is 9.46. The zero-order valence-electron chi connectivity index (χ0n) is 10.9. The molecule has 1 saturated heterocycles. The molecule has 7 heteroatoms. The monoisotopic (exact) mass is 288 g/mol. The number of hydrogen-bond donors (Lipinski definition) is 2. The number of halogens is 1. The SMILES string of the molecule is Cc1cc(F)c(N)c(C)c1S(=O)(=O)N1CC[C@@H](O)C1. The summed E-state index contributed by atoms with van der Waals surface area (Å²) < 4.78 is 39.7. The van der Waals surface area contributed by atoms with Crippen molar-refractivity contribution in [3.05, 3.63) is 23.0 Å². The maximum absolute atomic E-state index is 13.5. The number of sulfonamides is 1. The smallest absolute Gasteiger partial charge is 0.243 e. The van der Waals surface area contributed by atoms with Gasteiger partial charge in [0.25, 0.3) is 0 Å². The second-order valence-corrected chi connectivity index (χ2v) is 6.72. The highest BCUT2D eigenvalue weighted by Gasteiger charge is 2.34. The minimum absolute atomic E-state index is 0.0421. The Morgan fingerprint density at radius 1 is 1.47 bits per heavy atom. The van der Waals surface area contributed by atoms with E-state index in [0.717, 1.165) is 6.07 Å². The second kappa shape index (κ2) is 4.73. The number of β-amino-alcohol motifs (C(OH)–C–C–N with tert-alkyl or cyclic N) is 1. The largest absolute Gasteiger partial charge is 0.396 e. The van der Waals surface area contributed by atoms with Crippen LogP contribution in [0.1, 0.15) is 17.5 Å². The number of aliphatic hydroxyl groups excluding tert-OH is 1. The molecule has 1 heterocycles. The molecule has 106 valence electrons. The molecule has 1 fully saturated rings. The molecule has 1 aliphatic rings. The van der Waals surface area contributed by atoms with Crippen LogP contribution in [0.25, 0.3) is 0 Å². The Labute approximate surface area is 111 Å². The third kappa shape index (κ3) is 2.33. The lowest BCUT2D eigenvalue weighted by Gasteiger charge is -2.20. The highest BCUT2D eigenvalue weighted by Crippen LogP contribution is 2.31. The van der Waals surface area contributed by atoms with Crippen LogP contribution in [0.4, 0.5) is 10.1 Å². The van der Waals surface area contributed by atoms with Crippen molar-refractivity contribution in [1.29, 1.82) is 0 Å². The van der Waals surface area contributed by atoms with E-state index in [1.807, 2.05) is 0 Å². The van der Waals surface area contributed by atoms with Crippen molar-refractivity contribution in [2.24, 2.45) is 0 Å². The molecule has 1 aliphatic heterocycles. The van der Waals surface area contributed by atoms with Gasteiger partial charge in [-0.25, -0.2) is 12.8 Å². The van der Waals surface area contributed by atoms with Crippen LogP contribution >= 0.6 is 0 Å². The predicted molar refractivity (Wildman–Crippen MR) is 69.7 cm³/mol. The fraction of sp³-hybridized carbons (Fsp3) is 0.500. The molecule has 1 aromatic carbocycles. The van der Waals surface area contributed by atoms with Gasteiger partial charge < -0.3 is 10.8 Å². The van der Waals surface area contributed by atoms with Gasteiger partial charge in [0.05, 0.1) is 16.7 Å². The third-order valence-corrected chi connectivity index (χ3v) is 5.58. The maximum Gasteiger partial charge on any atom is 0.243 e. The summed E-state index contributed by atoms with van der Waals surface area (Å²) in [7, 11) is -3.75. The first kappa shape index (κ1) is 14.2. The summed E-state index contributed by atoms with van der Waals surface area (Å²) in [6, 6.07) is 1.13. The molecule has 0 saturated carbocycles. The van der Waals surface area contributed by atoms with Crippen LogP contribution in [-0.2, 0) is 10.0 Å². The molecule has 0 aliphatic carbocycles. The van der Waals surface area contributed by atoms with Gasteiger partial charge in [-0.15, -0.1) is 0 Å². The van der Waals surface area contributed by atoms with Gasteiger partial charge in [0.1, 0.15) is 5.82 Å². The van der Waals surface area contributed by atoms with Gasteiger partial charge in [-0.05, 0) is 37.5 Å². The number of rotatable bonds is 2. The van der Waals surface area contributed by atoms with E-state index in [4.69, 9.17) is 5.73 Å². The second-order valence-electron chi connectivity index (χ2n) is 4.85. The number of hydrogen-bond acceptors (Lipinski definition) is 4. The Balaban J connectivity index is 2.56. The molecule has 1 aromatic rings. The number of anilines is 1. The molecule has 0 spiro atoms. The van der Waals surface area contributed by atoms with Crippen molar-refractivity contribution in [2.75, 3.05) is 18.8 Å². The molecule has 0 unspecified atom stereocenters. The highest BCUT2D eigenvalue weighted by atomic mass is 32.2. The zero-order chi connectivity index (χ0) is 14.4.